The largest absolute Gasteiger partial charge is 0.323 e. The fourth-order valence-electron chi connectivity index (χ4n) is 2.33. The summed E-state index contributed by atoms with van der Waals surface area (Å²) >= 11 is 0. The fraction of sp³-hybridized carbons (Fsp3) is 0.267. The van der Waals surface area contributed by atoms with Crippen molar-refractivity contribution in [1.82, 2.24) is 19.3 Å². The summed E-state index contributed by atoms with van der Waals surface area (Å²) in [7, 11) is 0. The van der Waals surface area contributed by atoms with E-state index in [0.29, 0.717) is 5.69 Å². The summed E-state index contributed by atoms with van der Waals surface area (Å²) in [5, 5.41) is 4.19. The maximum absolute atomic E-state index is 12.4. The Morgan fingerprint density at radius 1 is 1.25 bits per heavy atom. The molecule has 1 aromatic carbocycles. The first-order valence-corrected chi connectivity index (χ1v) is 6.74. The highest BCUT2D eigenvalue weighted by Crippen LogP contribution is 2.13. The van der Waals surface area contributed by atoms with Gasteiger partial charge in [-0.3, -0.25) is 9.48 Å². The highest BCUT2D eigenvalue weighted by molar-refractivity contribution is 5.95. The maximum atomic E-state index is 12.4. The number of hydrogen-bond acceptors (Lipinski definition) is 3. The van der Waals surface area contributed by atoms with Crippen molar-refractivity contribution >= 4 is 16.8 Å². The second-order valence-corrected chi connectivity index (χ2v) is 4.72. The number of carbonyl (C=O) groups excluding carboxylic acids is 1. The second kappa shape index (κ2) is 5.28. The number of rotatable bonds is 5. The van der Waals surface area contributed by atoms with E-state index in [4.69, 9.17) is 0 Å². The molecule has 0 aliphatic rings. The van der Waals surface area contributed by atoms with Gasteiger partial charge in [0.25, 0.3) is 0 Å². The molecule has 0 spiro atoms. The molecular weight excluding hydrogens is 252 g/mol. The van der Waals surface area contributed by atoms with Gasteiger partial charge in [0.2, 0.25) is 5.78 Å². The van der Waals surface area contributed by atoms with Crippen molar-refractivity contribution in [2.24, 2.45) is 0 Å². The number of carbonyl (C=O) groups is 1. The van der Waals surface area contributed by atoms with Crippen LogP contribution in [0.15, 0.2) is 42.9 Å². The number of ketones is 1. The van der Waals surface area contributed by atoms with E-state index in [1.54, 1.807) is 23.3 Å². The zero-order valence-electron chi connectivity index (χ0n) is 11.4. The molecule has 0 fully saturated rings. The van der Waals surface area contributed by atoms with Gasteiger partial charge in [-0.05, 0) is 24.6 Å². The first-order valence-electron chi connectivity index (χ1n) is 6.74. The van der Waals surface area contributed by atoms with Gasteiger partial charge in [-0.1, -0.05) is 19.1 Å². The van der Waals surface area contributed by atoms with Crippen LogP contribution in [0.5, 0.6) is 0 Å². The van der Waals surface area contributed by atoms with Gasteiger partial charge in [-0.15, -0.1) is 0 Å². The lowest BCUT2D eigenvalue weighted by molar-refractivity contribution is 0.0962. The number of fused-ring (bicyclic) bond motifs is 1. The smallest absolute Gasteiger partial charge is 0.200 e. The molecule has 3 aromatic rings. The summed E-state index contributed by atoms with van der Waals surface area (Å²) in [6.45, 7) is 3.12. The molecule has 3 rings (SSSR count). The number of nitrogens with zero attached hydrogens (tertiary/aromatic N) is 4. The Morgan fingerprint density at radius 2 is 2.10 bits per heavy atom. The summed E-state index contributed by atoms with van der Waals surface area (Å²) < 4.78 is 3.64. The Balaban J connectivity index is 1.87. The molecule has 0 bridgehead atoms. The number of aryl methyl sites for hydroxylation is 1. The molecule has 0 N–H and O–H groups in total. The maximum Gasteiger partial charge on any atom is 0.200 e. The second-order valence-electron chi connectivity index (χ2n) is 4.72. The summed E-state index contributed by atoms with van der Waals surface area (Å²) in [6, 6.07) is 9.58. The van der Waals surface area contributed by atoms with E-state index in [9.17, 15) is 4.79 Å². The summed E-state index contributed by atoms with van der Waals surface area (Å²) in [6.07, 6.45) is 4.34. The lowest BCUT2D eigenvalue weighted by Crippen LogP contribution is -2.15. The molecule has 0 atom stereocenters. The number of hydrogen-bond donors (Lipinski definition) is 0. The van der Waals surface area contributed by atoms with E-state index in [2.05, 4.69) is 17.0 Å². The molecule has 0 saturated carbocycles. The van der Waals surface area contributed by atoms with E-state index in [0.717, 1.165) is 24.0 Å². The third kappa shape index (κ3) is 2.22. The lowest BCUT2D eigenvalue weighted by Gasteiger charge is -2.06. The molecule has 0 aliphatic heterocycles. The molecule has 5 heteroatoms. The molecule has 0 amide bonds. The minimum absolute atomic E-state index is 0.0547. The molecular formula is C15H16N4O. The Hall–Kier alpha value is -2.43. The molecule has 20 heavy (non-hydrogen) atoms. The van der Waals surface area contributed by atoms with Crippen molar-refractivity contribution in [3.8, 4) is 0 Å². The normalized spacial score (nSPS) is 11.1. The van der Waals surface area contributed by atoms with Crippen LogP contribution in [0.4, 0.5) is 0 Å². The Morgan fingerprint density at radius 3 is 2.95 bits per heavy atom. The van der Waals surface area contributed by atoms with E-state index in [1.165, 1.54) is 0 Å². The first-order chi connectivity index (χ1) is 9.79. The third-order valence-corrected chi connectivity index (χ3v) is 3.28. The number of Topliss-reactive ketones (excluding diaryl/α,β-unsaturated/α-hetero) is 1. The van der Waals surface area contributed by atoms with Crippen molar-refractivity contribution in [3.05, 3.63) is 48.5 Å². The van der Waals surface area contributed by atoms with Crippen LogP contribution in [0.1, 0.15) is 23.8 Å². The van der Waals surface area contributed by atoms with Gasteiger partial charge in [0.05, 0.1) is 23.9 Å². The van der Waals surface area contributed by atoms with Crippen molar-refractivity contribution < 1.29 is 4.79 Å². The predicted octanol–water partition coefficient (Wildman–Crippen LogP) is 2.53. The van der Waals surface area contributed by atoms with E-state index in [1.807, 2.05) is 28.8 Å². The van der Waals surface area contributed by atoms with Crippen LogP contribution < -0.4 is 0 Å². The van der Waals surface area contributed by atoms with Crippen LogP contribution in [0.2, 0.25) is 0 Å². The average Bonchev–Trinajstić information content (AvgIpc) is 3.07. The third-order valence-electron chi connectivity index (χ3n) is 3.28. The first kappa shape index (κ1) is 12.6. The van der Waals surface area contributed by atoms with Gasteiger partial charge < -0.3 is 4.57 Å². The van der Waals surface area contributed by atoms with Crippen molar-refractivity contribution in [1.29, 1.82) is 0 Å². The molecule has 0 radical (unpaired) electrons. The number of benzene rings is 1. The van der Waals surface area contributed by atoms with Gasteiger partial charge in [0.1, 0.15) is 5.69 Å². The van der Waals surface area contributed by atoms with Crippen molar-refractivity contribution in [2.45, 2.75) is 26.4 Å². The highest BCUT2D eigenvalue weighted by Gasteiger charge is 2.13. The van der Waals surface area contributed by atoms with E-state index >= 15 is 0 Å². The molecule has 0 aliphatic carbocycles. The highest BCUT2D eigenvalue weighted by atomic mass is 16.1. The zero-order chi connectivity index (χ0) is 13.9. The van der Waals surface area contributed by atoms with Gasteiger partial charge in [0, 0.05) is 12.7 Å². The minimum Gasteiger partial charge on any atom is -0.323 e. The standard InChI is InChI=1S/C15H16N4O/c1-2-9-19-14(7-8-17-19)15(20)10-18-11-16-12-5-3-4-6-13(12)18/h3-8,11H,2,9-10H2,1H3. The van der Waals surface area contributed by atoms with Gasteiger partial charge in [-0.2, -0.15) is 5.10 Å². The van der Waals surface area contributed by atoms with Crippen LogP contribution in [0.3, 0.4) is 0 Å². The van der Waals surface area contributed by atoms with E-state index in [-0.39, 0.29) is 12.3 Å². The Labute approximate surface area is 116 Å². The van der Waals surface area contributed by atoms with Gasteiger partial charge in [0.15, 0.2) is 0 Å². The van der Waals surface area contributed by atoms with Crippen LogP contribution >= 0.6 is 0 Å². The number of imidazole rings is 1. The number of para-hydroxylation sites is 2. The molecule has 5 nitrogen and oxygen atoms in total. The van der Waals surface area contributed by atoms with E-state index < -0.39 is 0 Å². The zero-order valence-corrected chi connectivity index (χ0v) is 11.4. The van der Waals surface area contributed by atoms with Crippen LogP contribution in [-0.2, 0) is 13.1 Å². The Bertz CT molecular complexity index is 741. The minimum atomic E-state index is 0.0547. The molecule has 102 valence electrons. The molecule has 2 heterocycles. The van der Waals surface area contributed by atoms with Crippen molar-refractivity contribution in [2.75, 3.05) is 0 Å². The van der Waals surface area contributed by atoms with Gasteiger partial charge >= 0.3 is 0 Å². The monoisotopic (exact) mass is 268 g/mol. The molecule has 0 unspecified atom stereocenters. The van der Waals surface area contributed by atoms with Crippen LogP contribution in [0, 0.1) is 0 Å². The quantitative estimate of drug-likeness (QED) is 0.668. The van der Waals surface area contributed by atoms with Crippen LogP contribution in [0.25, 0.3) is 11.0 Å². The van der Waals surface area contributed by atoms with Crippen molar-refractivity contribution in [3.63, 3.8) is 0 Å². The predicted molar refractivity (Wildman–Crippen MR) is 76.6 cm³/mol. The SMILES string of the molecule is CCCn1nccc1C(=O)Cn1cnc2ccccc21. The average molecular weight is 268 g/mol. The van der Waals surface area contributed by atoms with Gasteiger partial charge in [-0.25, -0.2) is 4.98 Å². The molecule has 2 aromatic heterocycles. The number of aromatic nitrogens is 4. The van der Waals surface area contributed by atoms with Crippen LogP contribution in [-0.4, -0.2) is 25.1 Å². The topological polar surface area (TPSA) is 52.7 Å². The summed E-state index contributed by atoms with van der Waals surface area (Å²) in [5.41, 5.74) is 2.54. The fourth-order valence-corrected chi connectivity index (χ4v) is 2.33. The summed E-state index contributed by atoms with van der Waals surface area (Å²) in [5.74, 6) is 0.0547. The lowest BCUT2D eigenvalue weighted by atomic mass is 10.2. The molecule has 0 saturated heterocycles. The Kier molecular flexibility index (Phi) is 3.33. The summed E-state index contributed by atoms with van der Waals surface area (Å²) in [4.78, 5) is 16.7.